The first kappa shape index (κ1) is 25.7. The Labute approximate surface area is 214 Å². The summed E-state index contributed by atoms with van der Waals surface area (Å²) in [4.78, 5) is -0.485. The zero-order valence-electron chi connectivity index (χ0n) is 21.0. The monoisotopic (exact) mass is 500 g/mol. The van der Waals surface area contributed by atoms with Crippen molar-refractivity contribution in [3.63, 3.8) is 0 Å². The molecule has 0 saturated heterocycles. The highest BCUT2D eigenvalue weighted by atomic mass is 32.2. The summed E-state index contributed by atoms with van der Waals surface area (Å²) in [5.41, 5.74) is 6.00. The molecule has 4 aromatic rings. The highest BCUT2D eigenvalue weighted by Crippen LogP contribution is 2.40. The first-order valence-electron chi connectivity index (χ1n) is 12.1. The van der Waals surface area contributed by atoms with Crippen molar-refractivity contribution in [3.05, 3.63) is 130 Å². The van der Waals surface area contributed by atoms with Crippen molar-refractivity contribution in [1.29, 1.82) is 0 Å². The molecule has 2 atom stereocenters. The van der Waals surface area contributed by atoms with Crippen molar-refractivity contribution >= 4 is 10.1 Å². The number of hydrogen-bond acceptors (Lipinski definition) is 3. The molecule has 0 saturated carbocycles. The maximum atomic E-state index is 11.8. The molecule has 0 spiro atoms. The van der Waals surface area contributed by atoms with Gasteiger partial charge in [-0.1, -0.05) is 113 Å². The summed E-state index contributed by atoms with van der Waals surface area (Å²) in [6.45, 7) is 8.42. The molecule has 4 rings (SSSR count). The van der Waals surface area contributed by atoms with Gasteiger partial charge in [-0.3, -0.25) is 4.55 Å². The molecule has 0 radical (unpaired) electrons. The Kier molecular flexibility index (Phi) is 7.07. The smallest absolute Gasteiger partial charge is 0.298 e. The maximum absolute atomic E-state index is 11.8. The molecule has 0 aliphatic rings. The van der Waals surface area contributed by atoms with Crippen molar-refractivity contribution in [1.82, 2.24) is 0 Å². The van der Waals surface area contributed by atoms with E-state index in [-0.39, 0.29) is 5.92 Å². The lowest BCUT2D eigenvalue weighted by molar-refractivity contribution is 0.442. The molecule has 4 nitrogen and oxygen atoms in total. The lowest BCUT2D eigenvalue weighted by Gasteiger charge is -2.31. The van der Waals surface area contributed by atoms with Gasteiger partial charge in [-0.2, -0.15) is 8.42 Å². The molecule has 5 heteroatoms. The topological polar surface area (TPSA) is 74.6 Å². The highest BCUT2D eigenvalue weighted by Gasteiger charge is 2.30. The minimum absolute atomic E-state index is 0.0970. The molecule has 0 amide bonds. The van der Waals surface area contributed by atoms with Crippen molar-refractivity contribution in [3.8, 4) is 5.75 Å². The van der Waals surface area contributed by atoms with Gasteiger partial charge in [-0.25, -0.2) is 0 Å². The normalized spacial score (nSPS) is 13.8. The molecule has 2 N–H and O–H groups in total. The van der Waals surface area contributed by atoms with Crippen LogP contribution in [0.2, 0.25) is 0 Å². The Hall–Kier alpha value is -3.41. The van der Waals surface area contributed by atoms with Gasteiger partial charge in [0.2, 0.25) is 0 Å². The molecule has 0 aromatic heterocycles. The third-order valence-corrected chi connectivity index (χ3v) is 8.18. The number of benzene rings is 4. The Balaban J connectivity index is 1.69. The van der Waals surface area contributed by atoms with E-state index in [1.54, 1.807) is 6.07 Å². The van der Waals surface area contributed by atoms with Crippen LogP contribution in [0.25, 0.3) is 0 Å². The fourth-order valence-corrected chi connectivity index (χ4v) is 5.50. The number of rotatable bonds is 7. The summed E-state index contributed by atoms with van der Waals surface area (Å²) in [6.07, 6.45) is 0. The lowest BCUT2D eigenvalue weighted by atomic mass is 9.73. The third kappa shape index (κ3) is 5.08. The van der Waals surface area contributed by atoms with Crippen LogP contribution in [0.1, 0.15) is 72.9 Å². The van der Waals surface area contributed by atoms with Crippen LogP contribution in [-0.4, -0.2) is 18.1 Å². The number of phenols is 1. The number of aromatic hydroxyl groups is 1. The van der Waals surface area contributed by atoms with E-state index in [1.165, 1.54) is 28.8 Å². The first-order valence-corrected chi connectivity index (χ1v) is 13.5. The summed E-state index contributed by atoms with van der Waals surface area (Å²) in [5, 5.41) is 9.99. The van der Waals surface area contributed by atoms with Crippen LogP contribution in [0.4, 0.5) is 0 Å². The van der Waals surface area contributed by atoms with Gasteiger partial charge in [0, 0.05) is 17.3 Å². The van der Waals surface area contributed by atoms with Gasteiger partial charge in [-0.15, -0.1) is 0 Å². The van der Waals surface area contributed by atoms with E-state index < -0.39 is 26.2 Å². The Morgan fingerprint density at radius 2 is 1.22 bits per heavy atom. The molecule has 0 bridgehead atoms. The van der Waals surface area contributed by atoms with Crippen LogP contribution >= 0.6 is 0 Å². The Morgan fingerprint density at radius 1 is 0.694 bits per heavy atom. The average molecular weight is 501 g/mol. The van der Waals surface area contributed by atoms with Crippen molar-refractivity contribution < 1.29 is 18.1 Å². The molecular formula is C31H32O4S. The molecular weight excluding hydrogens is 468 g/mol. The number of hydrogen-bond donors (Lipinski definition) is 2. The summed E-state index contributed by atoms with van der Waals surface area (Å²) < 4.78 is 33.2. The summed E-state index contributed by atoms with van der Waals surface area (Å²) in [6, 6.07) is 31.7. The quantitative estimate of drug-likeness (QED) is 0.262. The van der Waals surface area contributed by atoms with E-state index >= 15 is 0 Å². The largest absolute Gasteiger partial charge is 0.506 e. The fraction of sp³-hybridized carbons (Fsp3) is 0.226. The van der Waals surface area contributed by atoms with Gasteiger partial charge in [0.15, 0.2) is 0 Å². The second-order valence-electron chi connectivity index (χ2n) is 9.89. The SMILES string of the molecule is CC(c1ccccc1)c1ccc(C(C)c2ccccc2C(C)(C)c2ccc(O)c(S(=O)(=O)O)c2)cc1. The van der Waals surface area contributed by atoms with Crippen molar-refractivity contribution in [2.75, 3.05) is 0 Å². The lowest BCUT2D eigenvalue weighted by Crippen LogP contribution is -2.22. The summed E-state index contributed by atoms with van der Waals surface area (Å²) in [5.74, 6) is -0.0727. The molecule has 4 aromatic carbocycles. The van der Waals surface area contributed by atoms with Gasteiger partial charge in [0.1, 0.15) is 10.6 Å². The molecule has 0 heterocycles. The molecule has 0 fully saturated rings. The second-order valence-corrected chi connectivity index (χ2v) is 11.3. The number of phenolic OH excluding ortho intramolecular Hbond substituents is 1. The predicted molar refractivity (Wildman–Crippen MR) is 144 cm³/mol. The van der Waals surface area contributed by atoms with Crippen LogP contribution in [-0.2, 0) is 15.5 Å². The summed E-state index contributed by atoms with van der Waals surface area (Å²) >= 11 is 0. The average Bonchev–Trinajstić information content (AvgIpc) is 2.88. The van der Waals surface area contributed by atoms with E-state index in [0.717, 1.165) is 11.1 Å². The highest BCUT2D eigenvalue weighted by molar-refractivity contribution is 7.86. The fourth-order valence-electron chi connectivity index (χ4n) is 4.90. The van der Waals surface area contributed by atoms with Crippen LogP contribution in [0.15, 0.2) is 102 Å². The zero-order chi connectivity index (χ0) is 26.1. The van der Waals surface area contributed by atoms with Gasteiger partial charge < -0.3 is 5.11 Å². The summed E-state index contributed by atoms with van der Waals surface area (Å²) in [7, 11) is -4.55. The third-order valence-electron chi connectivity index (χ3n) is 7.30. The van der Waals surface area contributed by atoms with E-state index in [2.05, 4.69) is 74.5 Å². The zero-order valence-corrected chi connectivity index (χ0v) is 21.8. The van der Waals surface area contributed by atoms with Gasteiger partial charge >= 0.3 is 0 Å². The molecule has 2 unspecified atom stereocenters. The van der Waals surface area contributed by atoms with Gasteiger partial charge in [0.25, 0.3) is 10.1 Å². The molecule has 0 aliphatic heterocycles. The molecule has 36 heavy (non-hydrogen) atoms. The predicted octanol–water partition coefficient (Wildman–Crippen LogP) is 7.27. The van der Waals surface area contributed by atoms with Crippen LogP contribution in [0, 0.1) is 0 Å². The Morgan fingerprint density at radius 3 is 1.83 bits per heavy atom. The minimum Gasteiger partial charge on any atom is -0.506 e. The second kappa shape index (κ2) is 9.92. The van der Waals surface area contributed by atoms with E-state index in [9.17, 15) is 18.1 Å². The van der Waals surface area contributed by atoms with E-state index in [1.807, 2.05) is 32.0 Å². The standard InChI is InChI=1S/C31H32O4S/c1-21(23-10-6-5-7-11-23)24-14-16-25(17-15-24)22(2)27-12-8-9-13-28(27)31(3,4)26-18-19-29(32)30(20-26)36(33,34)35/h5-22,32H,1-4H3,(H,33,34,35). The van der Waals surface area contributed by atoms with Gasteiger partial charge in [-0.05, 0) is 45.5 Å². The van der Waals surface area contributed by atoms with E-state index in [0.29, 0.717) is 11.5 Å². The van der Waals surface area contributed by atoms with E-state index in [4.69, 9.17) is 0 Å². The molecule has 0 aliphatic carbocycles. The maximum Gasteiger partial charge on any atom is 0.298 e. The first-order chi connectivity index (χ1) is 17.0. The van der Waals surface area contributed by atoms with Crippen LogP contribution in [0.3, 0.4) is 0 Å². The van der Waals surface area contributed by atoms with Crippen molar-refractivity contribution in [2.45, 2.75) is 49.8 Å². The van der Waals surface area contributed by atoms with Crippen molar-refractivity contribution in [2.24, 2.45) is 0 Å². The van der Waals surface area contributed by atoms with Crippen LogP contribution in [0.5, 0.6) is 5.75 Å². The van der Waals surface area contributed by atoms with Crippen LogP contribution < -0.4 is 0 Å². The minimum atomic E-state index is -4.55. The molecule has 186 valence electrons. The van der Waals surface area contributed by atoms with Gasteiger partial charge in [0.05, 0.1) is 0 Å². The Bertz CT molecular complexity index is 1460.